The van der Waals surface area contributed by atoms with E-state index in [0.717, 1.165) is 43.6 Å². The molecule has 1 saturated heterocycles. The van der Waals surface area contributed by atoms with Crippen LogP contribution in [0.4, 0.5) is 10.1 Å². The van der Waals surface area contributed by atoms with Gasteiger partial charge in [-0.15, -0.1) is 11.3 Å². The molecule has 248 valence electrons. The number of piperazine rings is 1. The second-order valence-corrected chi connectivity index (χ2v) is 15.0. The number of halogens is 1. The van der Waals surface area contributed by atoms with Gasteiger partial charge in [0.25, 0.3) is 5.56 Å². The van der Waals surface area contributed by atoms with E-state index in [1.807, 2.05) is 23.6 Å². The van der Waals surface area contributed by atoms with Gasteiger partial charge in [0.1, 0.15) is 11.6 Å². The van der Waals surface area contributed by atoms with E-state index < -0.39 is 0 Å². The Bertz CT molecular complexity index is 1860. The van der Waals surface area contributed by atoms with Gasteiger partial charge in [0.15, 0.2) is 16.8 Å². The van der Waals surface area contributed by atoms with Crippen LogP contribution < -0.4 is 20.9 Å². The molecule has 5 atom stereocenters. The number of fused-ring (bicyclic) bond motifs is 3. The van der Waals surface area contributed by atoms with Gasteiger partial charge in [-0.05, 0) is 79.2 Å². The van der Waals surface area contributed by atoms with E-state index in [0.29, 0.717) is 62.8 Å². The summed E-state index contributed by atoms with van der Waals surface area (Å²) in [6.45, 7) is 12.3. The molecule has 2 aromatic heterocycles. The van der Waals surface area contributed by atoms with E-state index in [9.17, 15) is 9.18 Å². The molecular weight excluding hydrogens is 614 g/mol. The molecule has 47 heavy (non-hydrogen) atoms. The molecule has 1 aliphatic heterocycles. The number of hydrogen-bond donors (Lipinski definition) is 2. The van der Waals surface area contributed by atoms with Crippen LogP contribution in [0.25, 0.3) is 21.7 Å². The zero-order chi connectivity index (χ0) is 32.9. The summed E-state index contributed by atoms with van der Waals surface area (Å²) in [5.41, 5.74) is 2.15. The van der Waals surface area contributed by atoms with E-state index in [1.165, 1.54) is 30.9 Å². The fraction of sp³-hybridized carbons (Fsp3) is 0.500. The zero-order valence-electron chi connectivity index (χ0n) is 27.8. The lowest BCUT2D eigenvalue weighted by Gasteiger charge is -2.61. The summed E-state index contributed by atoms with van der Waals surface area (Å²) in [6, 6.07) is 11.1. The number of anilines is 1. The van der Waals surface area contributed by atoms with Crippen molar-refractivity contribution >= 4 is 33.9 Å². The number of aryl methyl sites for hydroxylation is 1. The Morgan fingerprint density at radius 1 is 1.21 bits per heavy atom. The smallest absolute Gasteiger partial charge is 0.261 e. The third-order valence-corrected chi connectivity index (χ3v) is 11.7. The minimum absolute atomic E-state index is 0.177. The van der Waals surface area contributed by atoms with Crippen molar-refractivity contribution in [3.8, 4) is 16.6 Å². The monoisotopic (exact) mass is 657 g/mol. The van der Waals surface area contributed by atoms with Gasteiger partial charge in [-0.1, -0.05) is 26.8 Å². The van der Waals surface area contributed by atoms with E-state index in [1.54, 1.807) is 22.9 Å². The summed E-state index contributed by atoms with van der Waals surface area (Å²) in [7, 11) is 1.51. The molecule has 3 heterocycles. The molecule has 0 amide bonds. The fourth-order valence-corrected chi connectivity index (χ4v) is 8.62. The van der Waals surface area contributed by atoms with Gasteiger partial charge in [0.05, 0.1) is 24.1 Å². The quantitative estimate of drug-likeness (QED) is 0.185. The molecule has 0 unspecified atom stereocenters. The fourth-order valence-electron chi connectivity index (χ4n) is 7.99. The number of benzene rings is 2. The molecule has 2 N–H and O–H groups in total. The average Bonchev–Trinajstić information content (AvgIpc) is 3.60. The topological polar surface area (TPSA) is 96.7 Å². The standard InChI is InChI=1S/C36H44FN7O2S/c1-21-20-43(14-11-38-21)35(42-30-17-24-16-28(22(30)2)36(24,3)4)40-25-7-9-27-31(18-25)41-32(33-39-12-15-47-33)44(34(27)45)13-10-23-6-8-26(46-5)19-29(23)37/h6-9,12,15,18-19,21-22,24,28,30,38H,10-11,13-14,16-17,20H2,1-5H3,(H,40,42)/t21-,22+,24-,28-,30-/m0/s1. The molecule has 2 aromatic carbocycles. The van der Waals surface area contributed by atoms with E-state index in [2.05, 4.69) is 48.2 Å². The molecule has 0 radical (unpaired) electrons. The Morgan fingerprint density at radius 3 is 2.77 bits per heavy atom. The molecule has 2 bridgehead atoms. The minimum atomic E-state index is -0.364. The van der Waals surface area contributed by atoms with Gasteiger partial charge in [-0.2, -0.15) is 0 Å². The summed E-state index contributed by atoms with van der Waals surface area (Å²) < 4.78 is 21.5. The molecule has 4 aliphatic rings. The number of aromatic nitrogens is 3. The predicted molar refractivity (Wildman–Crippen MR) is 187 cm³/mol. The predicted octanol–water partition coefficient (Wildman–Crippen LogP) is 6.04. The van der Waals surface area contributed by atoms with Crippen LogP contribution >= 0.6 is 11.3 Å². The van der Waals surface area contributed by atoms with Gasteiger partial charge < -0.3 is 20.3 Å². The largest absolute Gasteiger partial charge is 0.497 e. The maximum Gasteiger partial charge on any atom is 0.261 e. The van der Waals surface area contributed by atoms with Gasteiger partial charge in [0.2, 0.25) is 0 Å². The van der Waals surface area contributed by atoms with Crippen molar-refractivity contribution in [3.05, 3.63) is 69.7 Å². The first kappa shape index (κ1) is 31.8. The molecule has 4 aromatic rings. The molecule has 3 aliphatic carbocycles. The van der Waals surface area contributed by atoms with Gasteiger partial charge in [-0.3, -0.25) is 9.36 Å². The first-order valence-electron chi connectivity index (χ1n) is 16.7. The average molecular weight is 658 g/mol. The van der Waals surface area contributed by atoms with Crippen LogP contribution in [-0.2, 0) is 13.0 Å². The van der Waals surface area contributed by atoms with Crippen molar-refractivity contribution in [2.24, 2.45) is 28.2 Å². The zero-order valence-corrected chi connectivity index (χ0v) is 28.6. The maximum absolute atomic E-state index is 14.8. The third kappa shape index (κ3) is 6.04. The minimum Gasteiger partial charge on any atom is -0.497 e. The summed E-state index contributed by atoms with van der Waals surface area (Å²) in [5.74, 6) is 3.41. The van der Waals surface area contributed by atoms with Crippen LogP contribution in [-0.4, -0.2) is 64.2 Å². The van der Waals surface area contributed by atoms with Crippen LogP contribution in [0, 0.1) is 29.0 Å². The summed E-state index contributed by atoms with van der Waals surface area (Å²) in [6.07, 6.45) is 4.46. The summed E-state index contributed by atoms with van der Waals surface area (Å²) >= 11 is 1.42. The highest BCUT2D eigenvalue weighted by molar-refractivity contribution is 7.13. The number of methoxy groups -OCH3 is 1. The maximum atomic E-state index is 14.8. The van der Waals surface area contributed by atoms with Gasteiger partial charge in [-0.25, -0.2) is 19.4 Å². The van der Waals surface area contributed by atoms with Crippen molar-refractivity contribution in [1.29, 1.82) is 0 Å². The van der Waals surface area contributed by atoms with E-state index in [4.69, 9.17) is 14.7 Å². The van der Waals surface area contributed by atoms with Crippen LogP contribution in [0.3, 0.4) is 0 Å². The second-order valence-electron chi connectivity index (χ2n) is 14.1. The van der Waals surface area contributed by atoms with Crippen molar-refractivity contribution in [2.75, 3.05) is 32.1 Å². The lowest BCUT2D eigenvalue weighted by atomic mass is 9.45. The van der Waals surface area contributed by atoms with Crippen molar-refractivity contribution in [3.63, 3.8) is 0 Å². The highest BCUT2D eigenvalue weighted by atomic mass is 32.1. The number of aliphatic imine (C=N–C) groups is 1. The first-order chi connectivity index (χ1) is 22.6. The van der Waals surface area contributed by atoms with Crippen LogP contribution in [0.5, 0.6) is 5.75 Å². The summed E-state index contributed by atoms with van der Waals surface area (Å²) in [4.78, 5) is 31.2. The van der Waals surface area contributed by atoms with Gasteiger partial charge in [0, 0.05) is 55.6 Å². The highest BCUT2D eigenvalue weighted by Crippen LogP contribution is 2.61. The van der Waals surface area contributed by atoms with Gasteiger partial charge >= 0.3 is 0 Å². The van der Waals surface area contributed by atoms with Crippen molar-refractivity contribution in [1.82, 2.24) is 24.8 Å². The molecule has 8 rings (SSSR count). The number of nitrogens with one attached hydrogen (secondary N) is 2. The number of guanidine groups is 1. The lowest BCUT2D eigenvalue weighted by Crippen LogP contribution is -2.57. The number of ether oxygens (including phenoxy) is 1. The van der Waals surface area contributed by atoms with Crippen molar-refractivity contribution in [2.45, 2.75) is 65.6 Å². The van der Waals surface area contributed by atoms with E-state index >= 15 is 0 Å². The molecule has 9 nitrogen and oxygen atoms in total. The van der Waals surface area contributed by atoms with Crippen molar-refractivity contribution < 1.29 is 9.13 Å². The first-order valence-corrected chi connectivity index (χ1v) is 17.6. The Labute approximate surface area is 279 Å². The number of rotatable bonds is 7. The highest BCUT2D eigenvalue weighted by Gasteiger charge is 2.56. The Kier molecular flexibility index (Phi) is 8.55. The Hall–Kier alpha value is -3.83. The van der Waals surface area contributed by atoms with Crippen LogP contribution in [0.1, 0.15) is 46.1 Å². The Morgan fingerprint density at radius 2 is 2.06 bits per heavy atom. The number of hydrogen-bond acceptors (Lipinski definition) is 7. The third-order valence-electron chi connectivity index (χ3n) is 11.0. The normalized spacial score (nSPS) is 25.4. The lowest BCUT2D eigenvalue weighted by molar-refractivity contribution is -0.108. The van der Waals surface area contributed by atoms with Crippen LogP contribution in [0.2, 0.25) is 0 Å². The molecule has 3 saturated carbocycles. The molecular formula is C36H44FN7O2S. The molecule has 0 spiro atoms. The number of nitrogens with zero attached hydrogens (tertiary/aromatic N) is 5. The second kappa shape index (κ2) is 12.6. The molecule has 4 fully saturated rings. The van der Waals surface area contributed by atoms with E-state index in [-0.39, 0.29) is 24.0 Å². The summed E-state index contributed by atoms with van der Waals surface area (Å²) in [5, 5.41) is 10.2. The Balaban J connectivity index is 1.21. The number of thiazole rings is 1. The van der Waals surface area contributed by atoms with Crippen LogP contribution in [0.15, 0.2) is 57.8 Å². The molecule has 11 heteroatoms. The SMILES string of the molecule is COc1ccc(CCn2c(-c3nccs3)nc3cc(NC(=N[C@H]4C[C@@H]5C[C@@H]([C@H]4C)C5(C)C)N4CCN[C@@H](C)C4)ccc3c2=O)c(F)c1.